The van der Waals surface area contributed by atoms with Gasteiger partial charge in [0.25, 0.3) is 0 Å². The molecule has 1 amide bonds. The monoisotopic (exact) mass is 331 g/mol. The van der Waals surface area contributed by atoms with Gasteiger partial charge < -0.3 is 25.4 Å². The Kier molecular flexibility index (Phi) is 6.03. The predicted molar refractivity (Wildman–Crippen MR) is 89.1 cm³/mol. The van der Waals surface area contributed by atoms with E-state index in [1.807, 2.05) is 24.3 Å². The van der Waals surface area contributed by atoms with E-state index in [4.69, 9.17) is 4.74 Å². The molecule has 0 heterocycles. The fourth-order valence-corrected chi connectivity index (χ4v) is 2.21. The van der Waals surface area contributed by atoms with Crippen LogP contribution in [0.3, 0.4) is 0 Å². The zero-order valence-corrected chi connectivity index (χ0v) is 13.4. The average molecular weight is 331 g/mol. The van der Waals surface area contributed by atoms with E-state index in [-0.39, 0.29) is 24.0 Å². The number of phenolic OH excluding ortho intramolecular Hbond substituents is 2. The maximum atomic E-state index is 11.9. The normalized spacial score (nSPS) is 11.8. The van der Waals surface area contributed by atoms with Crippen LogP contribution in [0.15, 0.2) is 42.5 Å². The summed E-state index contributed by atoms with van der Waals surface area (Å²) in [5.41, 5.74) is 1.44. The maximum Gasteiger partial charge on any atom is 0.220 e. The molecule has 0 saturated carbocycles. The summed E-state index contributed by atoms with van der Waals surface area (Å²) in [4.78, 5) is 11.9. The molecule has 0 aliphatic heterocycles. The molecule has 0 radical (unpaired) electrons. The molecule has 0 bridgehead atoms. The van der Waals surface area contributed by atoms with Crippen molar-refractivity contribution in [2.24, 2.45) is 0 Å². The van der Waals surface area contributed by atoms with Gasteiger partial charge in [0.1, 0.15) is 5.75 Å². The molecule has 4 N–H and O–H groups in total. The number of aliphatic hydroxyl groups excluding tert-OH is 1. The van der Waals surface area contributed by atoms with Crippen molar-refractivity contribution in [2.45, 2.75) is 18.9 Å². The summed E-state index contributed by atoms with van der Waals surface area (Å²) in [6, 6.07) is 11.5. The Balaban J connectivity index is 1.78. The van der Waals surface area contributed by atoms with Crippen LogP contribution in [0.2, 0.25) is 0 Å². The fraction of sp³-hybridized carbons (Fsp3) is 0.278. The number of phenols is 2. The van der Waals surface area contributed by atoms with E-state index in [9.17, 15) is 20.1 Å². The van der Waals surface area contributed by atoms with Crippen LogP contribution >= 0.6 is 0 Å². The van der Waals surface area contributed by atoms with Crippen LogP contribution in [0.1, 0.15) is 23.7 Å². The first-order valence-corrected chi connectivity index (χ1v) is 7.59. The second-order valence-electron chi connectivity index (χ2n) is 5.42. The molecule has 1 unspecified atom stereocenters. The number of nitrogens with one attached hydrogen (secondary N) is 1. The van der Waals surface area contributed by atoms with Gasteiger partial charge in [-0.2, -0.15) is 0 Å². The van der Waals surface area contributed by atoms with Gasteiger partial charge in [-0.3, -0.25) is 4.79 Å². The molecule has 1 atom stereocenters. The molecule has 2 rings (SSSR count). The Morgan fingerprint density at radius 2 is 1.83 bits per heavy atom. The number of ether oxygens (including phenoxy) is 1. The Bertz CT molecular complexity index is 684. The molecule has 6 nitrogen and oxygen atoms in total. The summed E-state index contributed by atoms with van der Waals surface area (Å²) >= 11 is 0. The number of hydrogen-bond donors (Lipinski definition) is 4. The molecule has 24 heavy (non-hydrogen) atoms. The lowest BCUT2D eigenvalue weighted by Crippen LogP contribution is -2.28. The molecule has 6 heteroatoms. The standard InChI is InChI=1S/C18H21NO5/c1-24-14-6-2-12(3-7-14)4-9-18(23)19-11-17(22)13-5-8-15(20)16(21)10-13/h2-3,5-8,10,17,20-22H,4,9,11H2,1H3,(H,19,23). The average Bonchev–Trinajstić information content (AvgIpc) is 2.60. The first kappa shape index (κ1) is 17.6. The van der Waals surface area contributed by atoms with Crippen LogP contribution in [0.5, 0.6) is 17.2 Å². The highest BCUT2D eigenvalue weighted by Crippen LogP contribution is 2.27. The molecule has 0 fully saturated rings. The predicted octanol–water partition coefficient (Wildman–Crippen LogP) is 1.89. The Morgan fingerprint density at radius 1 is 1.12 bits per heavy atom. The van der Waals surface area contributed by atoms with Gasteiger partial charge >= 0.3 is 0 Å². The highest BCUT2D eigenvalue weighted by molar-refractivity contribution is 5.76. The van der Waals surface area contributed by atoms with Crippen molar-refractivity contribution >= 4 is 5.91 Å². The third-order valence-electron chi connectivity index (χ3n) is 3.68. The molecule has 128 valence electrons. The summed E-state index contributed by atoms with van der Waals surface area (Å²) in [6.45, 7) is 0.0334. The summed E-state index contributed by atoms with van der Waals surface area (Å²) < 4.78 is 5.08. The lowest BCUT2D eigenvalue weighted by atomic mass is 10.1. The minimum absolute atomic E-state index is 0.0334. The van der Waals surface area contributed by atoms with Crippen molar-refractivity contribution in [3.63, 3.8) is 0 Å². The molecular weight excluding hydrogens is 310 g/mol. The van der Waals surface area contributed by atoms with E-state index in [1.165, 1.54) is 18.2 Å². The lowest BCUT2D eigenvalue weighted by molar-refractivity contribution is -0.121. The van der Waals surface area contributed by atoms with Crippen LogP contribution in [0, 0.1) is 0 Å². The van der Waals surface area contributed by atoms with E-state index in [0.29, 0.717) is 18.4 Å². The zero-order chi connectivity index (χ0) is 17.5. The molecule has 0 aliphatic rings. The lowest BCUT2D eigenvalue weighted by Gasteiger charge is -2.13. The quantitative estimate of drug-likeness (QED) is 0.581. The van der Waals surface area contributed by atoms with Crippen LogP contribution < -0.4 is 10.1 Å². The molecule has 0 aliphatic carbocycles. The first-order valence-electron chi connectivity index (χ1n) is 7.59. The Morgan fingerprint density at radius 3 is 2.46 bits per heavy atom. The minimum Gasteiger partial charge on any atom is -0.504 e. The number of hydrogen-bond acceptors (Lipinski definition) is 5. The minimum atomic E-state index is -0.957. The van der Waals surface area contributed by atoms with E-state index in [0.717, 1.165) is 11.3 Å². The first-order chi connectivity index (χ1) is 11.5. The molecule has 0 aromatic heterocycles. The van der Waals surface area contributed by atoms with E-state index in [2.05, 4.69) is 5.32 Å². The third-order valence-corrected chi connectivity index (χ3v) is 3.68. The number of amides is 1. The molecule has 2 aromatic rings. The molecule has 0 saturated heterocycles. The number of aliphatic hydroxyl groups is 1. The zero-order valence-electron chi connectivity index (χ0n) is 13.4. The number of aromatic hydroxyl groups is 2. The highest BCUT2D eigenvalue weighted by Gasteiger charge is 2.11. The van der Waals surface area contributed by atoms with Gasteiger partial charge in [-0.05, 0) is 41.8 Å². The van der Waals surface area contributed by atoms with Crippen molar-refractivity contribution in [1.29, 1.82) is 0 Å². The maximum absolute atomic E-state index is 11.9. The number of rotatable bonds is 7. The largest absolute Gasteiger partial charge is 0.504 e. The van der Waals surface area contributed by atoms with Crippen LogP contribution in [-0.4, -0.2) is 34.9 Å². The topological polar surface area (TPSA) is 99.0 Å². The van der Waals surface area contributed by atoms with Crippen molar-refractivity contribution in [3.05, 3.63) is 53.6 Å². The van der Waals surface area contributed by atoms with Gasteiger partial charge in [-0.15, -0.1) is 0 Å². The van der Waals surface area contributed by atoms with Crippen molar-refractivity contribution in [3.8, 4) is 17.2 Å². The van der Waals surface area contributed by atoms with Gasteiger partial charge in [-0.25, -0.2) is 0 Å². The van der Waals surface area contributed by atoms with Crippen molar-refractivity contribution < 1.29 is 24.9 Å². The van der Waals surface area contributed by atoms with Crippen LogP contribution in [0.25, 0.3) is 0 Å². The van der Waals surface area contributed by atoms with E-state index < -0.39 is 6.10 Å². The van der Waals surface area contributed by atoms with E-state index in [1.54, 1.807) is 7.11 Å². The number of carbonyl (C=O) groups is 1. The molecular formula is C18H21NO5. The SMILES string of the molecule is COc1ccc(CCC(=O)NCC(O)c2ccc(O)c(O)c2)cc1. The summed E-state index contributed by atoms with van der Waals surface area (Å²) in [7, 11) is 1.60. The van der Waals surface area contributed by atoms with Gasteiger partial charge in [0, 0.05) is 13.0 Å². The number of aryl methyl sites for hydroxylation is 1. The fourth-order valence-electron chi connectivity index (χ4n) is 2.21. The number of methoxy groups -OCH3 is 1. The van der Waals surface area contributed by atoms with Crippen molar-refractivity contribution in [1.82, 2.24) is 5.32 Å². The summed E-state index contributed by atoms with van der Waals surface area (Å²) in [6.07, 6.45) is -0.0624. The summed E-state index contributed by atoms with van der Waals surface area (Å²) in [5, 5.41) is 31.3. The third kappa shape index (κ3) is 4.89. The van der Waals surface area contributed by atoms with Gasteiger partial charge in [0.2, 0.25) is 5.91 Å². The number of benzene rings is 2. The van der Waals surface area contributed by atoms with Gasteiger partial charge in [0.05, 0.1) is 13.2 Å². The van der Waals surface area contributed by atoms with Crippen LogP contribution in [0.4, 0.5) is 0 Å². The summed E-state index contributed by atoms with van der Waals surface area (Å²) in [5.74, 6) is 0.0307. The number of carbonyl (C=O) groups excluding carboxylic acids is 1. The Hall–Kier alpha value is -2.73. The molecule has 2 aromatic carbocycles. The van der Waals surface area contributed by atoms with Gasteiger partial charge in [0.15, 0.2) is 11.5 Å². The second kappa shape index (κ2) is 8.21. The second-order valence-corrected chi connectivity index (χ2v) is 5.42. The van der Waals surface area contributed by atoms with Gasteiger partial charge in [-0.1, -0.05) is 18.2 Å². The van der Waals surface area contributed by atoms with Crippen molar-refractivity contribution in [2.75, 3.05) is 13.7 Å². The smallest absolute Gasteiger partial charge is 0.220 e. The Labute approximate surface area is 140 Å². The van der Waals surface area contributed by atoms with E-state index >= 15 is 0 Å². The van der Waals surface area contributed by atoms with Crippen LogP contribution in [-0.2, 0) is 11.2 Å². The highest BCUT2D eigenvalue weighted by atomic mass is 16.5. The molecule has 0 spiro atoms.